The number of urea groups is 1. The molecule has 0 aromatic heterocycles. The Morgan fingerprint density at radius 2 is 1.74 bits per heavy atom. The SMILES string of the molecule is CCc1ccc([C@@H](C)NC(=O)N(CC)[C@@H](C)CS(C)(=O)=O)cc1. The zero-order valence-corrected chi connectivity index (χ0v) is 15.5. The van der Waals surface area contributed by atoms with Gasteiger partial charge in [0.15, 0.2) is 0 Å². The molecule has 1 N–H and O–H groups in total. The lowest BCUT2D eigenvalue weighted by atomic mass is 10.1. The zero-order chi connectivity index (χ0) is 17.6. The number of nitrogens with zero attached hydrogens (tertiary/aromatic N) is 1. The summed E-state index contributed by atoms with van der Waals surface area (Å²) in [6.45, 7) is 8.09. The van der Waals surface area contributed by atoms with Crippen LogP contribution in [-0.4, -0.2) is 43.9 Å². The van der Waals surface area contributed by atoms with Gasteiger partial charge in [-0.25, -0.2) is 13.2 Å². The number of hydrogen-bond acceptors (Lipinski definition) is 3. The van der Waals surface area contributed by atoms with E-state index in [-0.39, 0.29) is 23.9 Å². The van der Waals surface area contributed by atoms with Crippen molar-refractivity contribution in [3.8, 4) is 0 Å². The van der Waals surface area contributed by atoms with E-state index in [4.69, 9.17) is 0 Å². The van der Waals surface area contributed by atoms with E-state index in [1.54, 1.807) is 11.8 Å². The fourth-order valence-electron chi connectivity index (χ4n) is 2.58. The summed E-state index contributed by atoms with van der Waals surface area (Å²) in [6.07, 6.45) is 2.17. The molecule has 1 aromatic rings. The Labute approximate surface area is 140 Å². The van der Waals surface area contributed by atoms with E-state index in [2.05, 4.69) is 24.4 Å². The lowest BCUT2D eigenvalue weighted by Gasteiger charge is -2.29. The molecule has 2 amide bonds. The summed E-state index contributed by atoms with van der Waals surface area (Å²) in [6, 6.07) is 7.41. The van der Waals surface area contributed by atoms with Gasteiger partial charge in [0.2, 0.25) is 0 Å². The second kappa shape index (κ2) is 8.34. The van der Waals surface area contributed by atoms with Gasteiger partial charge in [0, 0.05) is 18.8 Å². The number of amides is 2. The summed E-state index contributed by atoms with van der Waals surface area (Å²) < 4.78 is 22.9. The largest absolute Gasteiger partial charge is 0.331 e. The number of sulfone groups is 1. The maximum Gasteiger partial charge on any atom is 0.318 e. The third kappa shape index (κ3) is 6.22. The van der Waals surface area contributed by atoms with Crippen LogP contribution < -0.4 is 5.32 Å². The molecule has 23 heavy (non-hydrogen) atoms. The molecule has 0 fully saturated rings. The minimum Gasteiger partial charge on any atom is -0.331 e. The fourth-order valence-corrected chi connectivity index (χ4v) is 3.63. The molecule has 1 aromatic carbocycles. The molecule has 0 aliphatic heterocycles. The third-order valence-electron chi connectivity index (χ3n) is 3.91. The van der Waals surface area contributed by atoms with Gasteiger partial charge in [-0.3, -0.25) is 0 Å². The van der Waals surface area contributed by atoms with Gasteiger partial charge < -0.3 is 10.2 Å². The van der Waals surface area contributed by atoms with Crippen molar-refractivity contribution in [1.29, 1.82) is 0 Å². The first-order valence-corrected chi connectivity index (χ1v) is 10.1. The van der Waals surface area contributed by atoms with Crippen LogP contribution in [0.2, 0.25) is 0 Å². The lowest BCUT2D eigenvalue weighted by molar-refractivity contribution is 0.184. The van der Waals surface area contributed by atoms with E-state index in [0.29, 0.717) is 6.54 Å². The Morgan fingerprint density at radius 1 is 1.17 bits per heavy atom. The Bertz CT molecular complexity index is 611. The van der Waals surface area contributed by atoms with Crippen LogP contribution >= 0.6 is 0 Å². The van der Waals surface area contributed by atoms with Crippen molar-refractivity contribution >= 4 is 15.9 Å². The molecular weight excluding hydrogens is 312 g/mol. The van der Waals surface area contributed by atoms with Gasteiger partial charge in [-0.1, -0.05) is 31.2 Å². The smallest absolute Gasteiger partial charge is 0.318 e. The molecule has 0 saturated heterocycles. The molecule has 5 nitrogen and oxygen atoms in total. The van der Waals surface area contributed by atoms with Gasteiger partial charge in [0.05, 0.1) is 11.8 Å². The van der Waals surface area contributed by atoms with E-state index in [9.17, 15) is 13.2 Å². The highest BCUT2D eigenvalue weighted by atomic mass is 32.2. The summed E-state index contributed by atoms with van der Waals surface area (Å²) in [7, 11) is -3.12. The van der Waals surface area contributed by atoms with Crippen molar-refractivity contribution in [3.63, 3.8) is 0 Å². The Kier molecular flexibility index (Phi) is 7.06. The van der Waals surface area contributed by atoms with Crippen molar-refractivity contribution in [2.75, 3.05) is 18.6 Å². The van der Waals surface area contributed by atoms with Crippen molar-refractivity contribution in [2.45, 2.75) is 46.2 Å². The van der Waals surface area contributed by atoms with Crippen LogP contribution in [0.3, 0.4) is 0 Å². The summed E-state index contributed by atoms with van der Waals surface area (Å²) in [5.74, 6) is -0.0339. The second-order valence-electron chi connectivity index (χ2n) is 5.99. The number of benzene rings is 1. The molecule has 0 radical (unpaired) electrons. The number of carbonyl (C=O) groups excluding carboxylic acids is 1. The Balaban J connectivity index is 2.74. The highest BCUT2D eigenvalue weighted by Gasteiger charge is 2.23. The molecule has 0 bridgehead atoms. The lowest BCUT2D eigenvalue weighted by Crippen LogP contribution is -2.47. The van der Waals surface area contributed by atoms with Crippen LogP contribution in [-0.2, 0) is 16.3 Å². The van der Waals surface area contributed by atoms with Crippen molar-refractivity contribution in [2.24, 2.45) is 0 Å². The molecule has 0 spiro atoms. The van der Waals surface area contributed by atoms with Crippen molar-refractivity contribution < 1.29 is 13.2 Å². The second-order valence-corrected chi connectivity index (χ2v) is 8.18. The van der Waals surface area contributed by atoms with Crippen molar-refractivity contribution in [1.82, 2.24) is 10.2 Å². The Hall–Kier alpha value is -1.56. The highest BCUT2D eigenvalue weighted by Crippen LogP contribution is 2.15. The average Bonchev–Trinajstić information content (AvgIpc) is 2.46. The first-order valence-electron chi connectivity index (χ1n) is 8.01. The summed E-state index contributed by atoms with van der Waals surface area (Å²) in [5, 5.41) is 2.94. The summed E-state index contributed by atoms with van der Waals surface area (Å²) >= 11 is 0. The van der Waals surface area contributed by atoms with E-state index in [1.165, 1.54) is 11.8 Å². The van der Waals surface area contributed by atoms with Crippen LogP contribution in [0, 0.1) is 0 Å². The number of rotatable bonds is 7. The normalized spacial score (nSPS) is 14.1. The van der Waals surface area contributed by atoms with Crippen LogP contribution in [0.25, 0.3) is 0 Å². The van der Waals surface area contributed by atoms with Gasteiger partial charge in [0.25, 0.3) is 0 Å². The molecule has 0 heterocycles. The molecule has 0 aliphatic carbocycles. The number of aryl methyl sites for hydroxylation is 1. The van der Waals surface area contributed by atoms with Crippen LogP contribution in [0.1, 0.15) is 44.9 Å². The average molecular weight is 340 g/mol. The highest BCUT2D eigenvalue weighted by molar-refractivity contribution is 7.90. The molecule has 6 heteroatoms. The molecule has 2 atom stereocenters. The number of carbonyl (C=O) groups is 1. The minimum absolute atomic E-state index is 0.0339. The molecule has 130 valence electrons. The molecule has 0 aliphatic rings. The molecule has 0 unspecified atom stereocenters. The van der Waals surface area contributed by atoms with Gasteiger partial charge in [-0.2, -0.15) is 0 Å². The maximum atomic E-state index is 12.4. The summed E-state index contributed by atoms with van der Waals surface area (Å²) in [4.78, 5) is 14.0. The van der Waals surface area contributed by atoms with Crippen LogP contribution in [0.15, 0.2) is 24.3 Å². The quantitative estimate of drug-likeness (QED) is 0.830. The van der Waals surface area contributed by atoms with E-state index in [0.717, 1.165) is 12.0 Å². The third-order valence-corrected chi connectivity index (χ3v) is 4.99. The maximum absolute atomic E-state index is 12.4. The zero-order valence-electron chi connectivity index (χ0n) is 14.7. The first-order chi connectivity index (χ1) is 10.7. The van der Waals surface area contributed by atoms with Crippen LogP contribution in [0.4, 0.5) is 4.79 Å². The standard InChI is InChI=1S/C17H28N2O3S/c1-6-15-8-10-16(11-9-15)14(4)18-17(20)19(7-2)13(3)12-23(5,21)22/h8-11,13-14H,6-7,12H2,1-5H3,(H,18,20)/t13-,14+/m0/s1. The number of nitrogens with one attached hydrogen (secondary N) is 1. The van der Waals surface area contributed by atoms with E-state index >= 15 is 0 Å². The monoisotopic (exact) mass is 340 g/mol. The molecule has 1 rings (SSSR count). The van der Waals surface area contributed by atoms with Gasteiger partial charge in [-0.05, 0) is 38.3 Å². The van der Waals surface area contributed by atoms with Crippen molar-refractivity contribution in [3.05, 3.63) is 35.4 Å². The van der Waals surface area contributed by atoms with E-state index < -0.39 is 9.84 Å². The van der Waals surface area contributed by atoms with E-state index in [1.807, 2.05) is 26.0 Å². The fraction of sp³-hybridized carbons (Fsp3) is 0.588. The van der Waals surface area contributed by atoms with Gasteiger partial charge in [0.1, 0.15) is 9.84 Å². The molecular formula is C17H28N2O3S. The minimum atomic E-state index is -3.12. The first kappa shape index (κ1) is 19.5. The predicted octanol–water partition coefficient (Wildman–Crippen LogP) is 2.77. The predicted molar refractivity (Wildman–Crippen MR) is 94.3 cm³/mol. The molecule has 0 saturated carbocycles. The Morgan fingerprint density at radius 3 is 2.17 bits per heavy atom. The number of hydrogen-bond donors (Lipinski definition) is 1. The topological polar surface area (TPSA) is 66.5 Å². The summed E-state index contributed by atoms with van der Waals surface area (Å²) in [5.41, 5.74) is 2.28. The van der Waals surface area contributed by atoms with Gasteiger partial charge >= 0.3 is 6.03 Å². The van der Waals surface area contributed by atoms with Crippen LogP contribution in [0.5, 0.6) is 0 Å². The van der Waals surface area contributed by atoms with Gasteiger partial charge in [-0.15, -0.1) is 0 Å².